The molecule has 0 atom stereocenters. The Balaban J connectivity index is 2.20. The van der Waals surface area contributed by atoms with Crippen molar-refractivity contribution < 1.29 is 13.2 Å². The summed E-state index contributed by atoms with van der Waals surface area (Å²) in [7, 11) is 0. The summed E-state index contributed by atoms with van der Waals surface area (Å²) >= 11 is 6.91. The van der Waals surface area contributed by atoms with Gasteiger partial charge in [0.05, 0.1) is 10.2 Å². The van der Waals surface area contributed by atoms with Crippen LogP contribution in [0.15, 0.2) is 18.2 Å². The van der Waals surface area contributed by atoms with Crippen molar-refractivity contribution in [3.05, 3.63) is 23.2 Å². The third kappa shape index (κ3) is 2.76. The molecule has 1 aromatic carbocycles. The third-order valence-electron chi connectivity index (χ3n) is 1.79. The number of alkyl halides is 3. The molecular weight excluding hydrogens is 261 g/mol. The Morgan fingerprint density at radius 1 is 1.38 bits per heavy atom. The Bertz CT molecular complexity index is 509. The highest BCUT2D eigenvalue weighted by atomic mass is 35.5. The van der Waals surface area contributed by atoms with Gasteiger partial charge in [-0.15, -0.1) is 0 Å². The molecule has 0 aliphatic heterocycles. The fourth-order valence-corrected chi connectivity index (χ4v) is 2.16. The molecule has 2 rings (SSSR count). The Morgan fingerprint density at radius 2 is 2.12 bits per heavy atom. The summed E-state index contributed by atoms with van der Waals surface area (Å²) in [6.07, 6.45) is -4.24. The Labute approximate surface area is 98.1 Å². The lowest BCUT2D eigenvalue weighted by Gasteiger charge is -2.05. The second kappa shape index (κ2) is 4.10. The van der Waals surface area contributed by atoms with E-state index in [4.69, 9.17) is 11.6 Å². The van der Waals surface area contributed by atoms with Gasteiger partial charge in [-0.2, -0.15) is 13.2 Å². The predicted octanol–water partition coefficient (Wildman–Crippen LogP) is 3.92. The molecule has 0 amide bonds. The number of aromatic nitrogens is 1. The van der Waals surface area contributed by atoms with Gasteiger partial charge in [-0.05, 0) is 18.2 Å². The van der Waals surface area contributed by atoms with Crippen molar-refractivity contribution in [2.24, 2.45) is 0 Å². The lowest BCUT2D eigenvalue weighted by Crippen LogP contribution is -2.21. The third-order valence-corrected chi connectivity index (χ3v) is 3.02. The number of fused-ring (bicyclic) bond motifs is 1. The van der Waals surface area contributed by atoms with Gasteiger partial charge in [-0.3, -0.25) is 0 Å². The predicted molar refractivity (Wildman–Crippen MR) is 59.2 cm³/mol. The van der Waals surface area contributed by atoms with Gasteiger partial charge in [0.1, 0.15) is 6.54 Å². The Morgan fingerprint density at radius 3 is 2.81 bits per heavy atom. The van der Waals surface area contributed by atoms with Crippen LogP contribution in [0.3, 0.4) is 0 Å². The summed E-state index contributed by atoms with van der Waals surface area (Å²) in [5.74, 6) is 0. The first kappa shape index (κ1) is 11.5. The zero-order valence-electron chi connectivity index (χ0n) is 7.81. The van der Waals surface area contributed by atoms with E-state index in [0.29, 0.717) is 10.5 Å². The van der Waals surface area contributed by atoms with Crippen molar-refractivity contribution in [2.45, 2.75) is 6.18 Å². The van der Waals surface area contributed by atoms with Crippen molar-refractivity contribution >= 4 is 38.3 Å². The minimum Gasteiger partial charge on any atom is -0.352 e. The first-order valence-electron chi connectivity index (χ1n) is 4.31. The average molecular weight is 267 g/mol. The van der Waals surface area contributed by atoms with Crippen LogP contribution >= 0.6 is 22.9 Å². The summed E-state index contributed by atoms with van der Waals surface area (Å²) in [5, 5.41) is 2.99. The molecule has 0 radical (unpaired) electrons. The molecule has 0 unspecified atom stereocenters. The van der Waals surface area contributed by atoms with E-state index in [2.05, 4.69) is 10.3 Å². The second-order valence-electron chi connectivity index (χ2n) is 3.10. The highest BCUT2D eigenvalue weighted by molar-refractivity contribution is 7.22. The molecule has 2 aromatic rings. The van der Waals surface area contributed by atoms with Crippen molar-refractivity contribution in [2.75, 3.05) is 11.9 Å². The highest BCUT2D eigenvalue weighted by Crippen LogP contribution is 2.28. The quantitative estimate of drug-likeness (QED) is 0.891. The summed E-state index contributed by atoms with van der Waals surface area (Å²) < 4.78 is 36.7. The number of nitrogens with one attached hydrogen (secondary N) is 1. The van der Waals surface area contributed by atoms with Crippen molar-refractivity contribution in [3.63, 3.8) is 0 Å². The van der Waals surface area contributed by atoms with Crippen LogP contribution in [0.5, 0.6) is 0 Å². The Hall–Kier alpha value is -1.01. The zero-order chi connectivity index (χ0) is 11.8. The molecule has 0 fully saturated rings. The van der Waals surface area contributed by atoms with E-state index in [1.165, 1.54) is 11.3 Å². The van der Waals surface area contributed by atoms with Gasteiger partial charge >= 0.3 is 6.18 Å². The van der Waals surface area contributed by atoms with Gasteiger partial charge in [0.2, 0.25) is 0 Å². The van der Waals surface area contributed by atoms with Crippen LogP contribution < -0.4 is 5.32 Å². The molecule has 7 heteroatoms. The van der Waals surface area contributed by atoms with Crippen LogP contribution in [0.1, 0.15) is 0 Å². The van der Waals surface area contributed by atoms with Gasteiger partial charge in [0.25, 0.3) is 0 Å². The number of nitrogens with zero attached hydrogens (tertiary/aromatic N) is 1. The summed E-state index contributed by atoms with van der Waals surface area (Å²) in [6, 6.07) is 5.02. The first-order valence-corrected chi connectivity index (χ1v) is 5.50. The van der Waals surface area contributed by atoms with Crippen molar-refractivity contribution in [1.82, 2.24) is 4.98 Å². The molecule has 1 heterocycles. The highest BCUT2D eigenvalue weighted by Gasteiger charge is 2.27. The maximum Gasteiger partial charge on any atom is 0.405 e. The number of halogens is 4. The molecule has 0 spiro atoms. The van der Waals surface area contributed by atoms with Gasteiger partial charge < -0.3 is 5.32 Å². The van der Waals surface area contributed by atoms with Crippen molar-refractivity contribution in [1.29, 1.82) is 0 Å². The van der Waals surface area contributed by atoms with E-state index in [9.17, 15) is 13.2 Å². The second-order valence-corrected chi connectivity index (χ2v) is 4.57. The maximum atomic E-state index is 12.0. The van der Waals surface area contributed by atoms with E-state index in [-0.39, 0.29) is 5.13 Å². The van der Waals surface area contributed by atoms with Gasteiger partial charge in [-0.25, -0.2) is 4.98 Å². The smallest absolute Gasteiger partial charge is 0.352 e. The maximum absolute atomic E-state index is 12.0. The summed E-state index contributed by atoms with van der Waals surface area (Å²) in [4.78, 5) is 4.00. The van der Waals surface area contributed by atoms with Crippen LogP contribution in [0, 0.1) is 0 Å². The molecular formula is C9H6ClF3N2S. The van der Waals surface area contributed by atoms with E-state index in [1.54, 1.807) is 18.2 Å². The minimum absolute atomic E-state index is 0.245. The standard InChI is InChI=1S/C9H6ClF3N2S/c10-5-1-2-7-6(3-5)15-8(16-7)14-4-9(11,12)13/h1-3H,4H2,(H,14,15). The number of benzene rings is 1. The van der Waals surface area contributed by atoms with Crippen LogP contribution in [-0.4, -0.2) is 17.7 Å². The van der Waals surface area contributed by atoms with Gasteiger partial charge in [-0.1, -0.05) is 22.9 Å². The monoisotopic (exact) mass is 266 g/mol. The molecule has 0 bridgehead atoms. The summed E-state index contributed by atoms with van der Waals surface area (Å²) in [5.41, 5.74) is 0.599. The molecule has 16 heavy (non-hydrogen) atoms. The van der Waals surface area contributed by atoms with E-state index < -0.39 is 12.7 Å². The van der Waals surface area contributed by atoms with E-state index >= 15 is 0 Å². The fourth-order valence-electron chi connectivity index (χ4n) is 1.15. The summed E-state index contributed by atoms with van der Waals surface area (Å²) in [6.45, 7) is -1.08. The zero-order valence-corrected chi connectivity index (χ0v) is 9.38. The van der Waals surface area contributed by atoms with Crippen LogP contribution in [-0.2, 0) is 0 Å². The topological polar surface area (TPSA) is 24.9 Å². The number of hydrogen-bond donors (Lipinski definition) is 1. The van der Waals surface area contributed by atoms with Crippen molar-refractivity contribution in [3.8, 4) is 0 Å². The average Bonchev–Trinajstić information content (AvgIpc) is 2.55. The molecule has 1 aromatic heterocycles. The van der Waals surface area contributed by atoms with Crippen LogP contribution in [0.25, 0.3) is 10.2 Å². The lowest BCUT2D eigenvalue weighted by molar-refractivity contribution is -0.115. The molecule has 0 saturated carbocycles. The normalized spacial score (nSPS) is 12.0. The number of rotatable bonds is 2. The Kier molecular flexibility index (Phi) is 2.94. The van der Waals surface area contributed by atoms with Crippen LogP contribution in [0.4, 0.5) is 18.3 Å². The molecule has 2 nitrogen and oxygen atoms in total. The minimum atomic E-state index is -4.24. The molecule has 86 valence electrons. The first-order chi connectivity index (χ1) is 7.44. The lowest BCUT2D eigenvalue weighted by atomic mass is 10.3. The van der Waals surface area contributed by atoms with Gasteiger partial charge in [0.15, 0.2) is 5.13 Å². The SMILES string of the molecule is FC(F)(F)CNc1nc2cc(Cl)ccc2s1. The molecule has 0 saturated heterocycles. The largest absolute Gasteiger partial charge is 0.405 e. The number of thiazole rings is 1. The molecule has 1 N–H and O–H groups in total. The van der Waals surface area contributed by atoms with Crippen LogP contribution in [0.2, 0.25) is 5.02 Å². The van der Waals surface area contributed by atoms with E-state index in [1.807, 2.05) is 0 Å². The molecule has 0 aliphatic rings. The molecule has 0 aliphatic carbocycles. The van der Waals surface area contributed by atoms with Gasteiger partial charge in [0, 0.05) is 5.02 Å². The van der Waals surface area contributed by atoms with E-state index in [0.717, 1.165) is 4.70 Å². The fraction of sp³-hybridized carbons (Fsp3) is 0.222. The number of anilines is 1. The number of hydrogen-bond acceptors (Lipinski definition) is 3.